The van der Waals surface area contributed by atoms with Crippen LogP contribution in [0, 0.1) is 16.0 Å². The van der Waals surface area contributed by atoms with Crippen molar-refractivity contribution in [2.75, 3.05) is 0 Å². The normalized spacial score (nSPS) is 15.5. The molecule has 18 heavy (non-hydrogen) atoms. The molecule has 1 heterocycles. The fourth-order valence-electron chi connectivity index (χ4n) is 1.51. The number of aromatic nitrogens is 2. The number of halogens is 2. The first-order chi connectivity index (χ1) is 8.49. The summed E-state index contributed by atoms with van der Waals surface area (Å²) in [5.41, 5.74) is -1.88. The quantitative estimate of drug-likeness (QED) is 0.605. The predicted octanol–water partition coefficient (Wildman–Crippen LogP) is 1.48. The summed E-state index contributed by atoms with van der Waals surface area (Å²) in [6.07, 6.45) is -0.193. The molecule has 0 amide bonds. The molecule has 9 heteroatoms. The third-order valence-electron chi connectivity index (χ3n) is 2.73. The first-order valence-electron chi connectivity index (χ1n) is 5.23. The van der Waals surface area contributed by atoms with Crippen molar-refractivity contribution in [3.8, 4) is 0 Å². The van der Waals surface area contributed by atoms with Crippen LogP contribution in [-0.2, 0) is 4.79 Å². The minimum absolute atomic E-state index is 0.275. The van der Waals surface area contributed by atoms with Crippen molar-refractivity contribution in [1.82, 2.24) is 9.94 Å². The number of hydrogen-bond donors (Lipinski definition) is 0. The molecule has 1 fully saturated rings. The zero-order valence-corrected chi connectivity index (χ0v) is 9.08. The van der Waals surface area contributed by atoms with E-state index in [2.05, 4.69) is 9.94 Å². The molecule has 1 aliphatic carbocycles. The van der Waals surface area contributed by atoms with Gasteiger partial charge in [0, 0.05) is 0 Å². The Morgan fingerprint density at radius 2 is 2.28 bits per heavy atom. The zero-order chi connectivity index (χ0) is 13.3. The number of nitro groups is 1. The van der Waals surface area contributed by atoms with E-state index in [4.69, 9.17) is 0 Å². The Bertz CT molecular complexity index is 484. The maximum Gasteiger partial charge on any atom is 0.337 e. The number of hydrogen-bond acceptors (Lipinski definition) is 5. The van der Waals surface area contributed by atoms with Crippen LogP contribution in [-0.4, -0.2) is 20.8 Å². The molecule has 0 spiro atoms. The monoisotopic (exact) mass is 261 g/mol. The van der Waals surface area contributed by atoms with Crippen LogP contribution in [0.1, 0.15) is 31.4 Å². The van der Waals surface area contributed by atoms with Crippen LogP contribution in [0.2, 0.25) is 0 Å². The molecule has 1 saturated carbocycles. The van der Waals surface area contributed by atoms with Crippen LogP contribution >= 0.6 is 0 Å². The third kappa shape index (κ3) is 2.29. The van der Waals surface area contributed by atoms with Gasteiger partial charge in [-0.05, 0) is 12.8 Å². The molecule has 0 atom stereocenters. The van der Waals surface area contributed by atoms with E-state index in [1.54, 1.807) is 0 Å². The lowest BCUT2D eigenvalue weighted by molar-refractivity contribution is -0.386. The molecule has 0 bridgehead atoms. The van der Waals surface area contributed by atoms with Gasteiger partial charge < -0.3 is 4.84 Å². The lowest BCUT2D eigenvalue weighted by atomic mass is 9.86. The van der Waals surface area contributed by atoms with Gasteiger partial charge in [0.2, 0.25) is 5.69 Å². The summed E-state index contributed by atoms with van der Waals surface area (Å²) in [6.45, 7) is 0. The van der Waals surface area contributed by atoms with Gasteiger partial charge in [-0.15, -0.1) is 5.10 Å². The van der Waals surface area contributed by atoms with Crippen molar-refractivity contribution >= 4 is 11.7 Å². The van der Waals surface area contributed by atoms with Gasteiger partial charge >= 0.3 is 11.7 Å². The minimum Gasteiger partial charge on any atom is -0.319 e. The molecule has 2 rings (SSSR count). The molecular formula is C9H9F2N3O4. The highest BCUT2D eigenvalue weighted by Gasteiger charge is 2.31. The minimum atomic E-state index is -3.10. The lowest BCUT2D eigenvalue weighted by Gasteiger charge is -2.22. The van der Waals surface area contributed by atoms with Gasteiger partial charge in [0.1, 0.15) is 6.20 Å². The molecule has 0 N–H and O–H groups in total. The Kier molecular flexibility index (Phi) is 3.21. The molecule has 98 valence electrons. The van der Waals surface area contributed by atoms with Crippen LogP contribution in [0.15, 0.2) is 6.20 Å². The number of carbonyl (C=O) groups excluding carboxylic acids is 1. The lowest BCUT2D eigenvalue weighted by Crippen LogP contribution is -2.31. The predicted molar refractivity (Wildman–Crippen MR) is 52.8 cm³/mol. The van der Waals surface area contributed by atoms with Crippen LogP contribution in [0.25, 0.3) is 0 Å². The highest BCUT2D eigenvalue weighted by molar-refractivity contribution is 5.73. The fourth-order valence-corrected chi connectivity index (χ4v) is 1.51. The largest absolute Gasteiger partial charge is 0.337 e. The second-order valence-electron chi connectivity index (χ2n) is 3.90. The van der Waals surface area contributed by atoms with Gasteiger partial charge in [0.15, 0.2) is 0 Å². The van der Waals surface area contributed by atoms with E-state index >= 15 is 0 Å². The molecular weight excluding hydrogens is 252 g/mol. The standard InChI is InChI=1S/C9H9F2N3O4/c10-8(11)7-6(14(16)17)4-13(12-7)18-9(15)5-2-1-3-5/h4-5,8H,1-3H2. The summed E-state index contributed by atoms with van der Waals surface area (Å²) in [5, 5.41) is 13.7. The smallest absolute Gasteiger partial charge is 0.319 e. The van der Waals surface area contributed by atoms with Crippen molar-refractivity contribution in [2.24, 2.45) is 5.92 Å². The molecule has 7 nitrogen and oxygen atoms in total. The molecule has 0 radical (unpaired) electrons. The average molecular weight is 261 g/mol. The van der Waals surface area contributed by atoms with E-state index in [9.17, 15) is 23.7 Å². The van der Waals surface area contributed by atoms with E-state index in [1.165, 1.54) is 0 Å². The molecule has 0 saturated heterocycles. The van der Waals surface area contributed by atoms with E-state index in [1.807, 2.05) is 0 Å². The molecule has 1 aromatic heterocycles. The average Bonchev–Trinajstić information content (AvgIpc) is 2.58. The Labute approximate surface area is 99.4 Å². The maximum atomic E-state index is 12.5. The summed E-state index contributed by atoms with van der Waals surface area (Å²) in [7, 11) is 0. The van der Waals surface area contributed by atoms with Gasteiger partial charge in [-0.25, -0.2) is 13.6 Å². The topological polar surface area (TPSA) is 87.3 Å². The summed E-state index contributed by atoms with van der Waals surface area (Å²) in [5.74, 6) is -0.886. The van der Waals surface area contributed by atoms with Gasteiger partial charge in [0.05, 0.1) is 10.8 Å². The van der Waals surface area contributed by atoms with Crippen molar-refractivity contribution in [1.29, 1.82) is 0 Å². The molecule has 1 aliphatic rings. The Balaban J connectivity index is 2.15. The summed E-state index contributed by atoms with van der Waals surface area (Å²) < 4.78 is 24.9. The Morgan fingerprint density at radius 3 is 2.67 bits per heavy atom. The van der Waals surface area contributed by atoms with Gasteiger partial charge in [-0.1, -0.05) is 11.3 Å². The Morgan fingerprint density at radius 1 is 1.61 bits per heavy atom. The van der Waals surface area contributed by atoms with Crippen molar-refractivity contribution < 1.29 is 23.3 Å². The van der Waals surface area contributed by atoms with Crippen molar-refractivity contribution in [3.05, 3.63) is 22.0 Å². The van der Waals surface area contributed by atoms with Gasteiger partial charge in [0.25, 0.3) is 6.43 Å². The SMILES string of the molecule is O=C(On1cc([N+](=O)[O-])c(C(F)F)n1)C1CCC1. The molecule has 0 aromatic carbocycles. The molecule has 0 aliphatic heterocycles. The second kappa shape index (κ2) is 4.67. The second-order valence-corrected chi connectivity index (χ2v) is 3.90. The highest BCUT2D eigenvalue weighted by atomic mass is 19.3. The van der Waals surface area contributed by atoms with Crippen molar-refractivity contribution in [3.63, 3.8) is 0 Å². The van der Waals surface area contributed by atoms with E-state index < -0.39 is 28.7 Å². The molecule has 0 unspecified atom stereocenters. The number of alkyl halides is 2. The number of nitrogens with zero attached hydrogens (tertiary/aromatic N) is 3. The number of rotatable bonds is 4. The van der Waals surface area contributed by atoms with Crippen LogP contribution in [0.3, 0.4) is 0 Å². The van der Waals surface area contributed by atoms with Gasteiger partial charge in [-0.3, -0.25) is 10.1 Å². The third-order valence-corrected chi connectivity index (χ3v) is 2.73. The summed E-state index contributed by atoms with van der Waals surface area (Å²) in [6, 6.07) is 0. The van der Waals surface area contributed by atoms with Crippen LogP contribution in [0.5, 0.6) is 0 Å². The maximum absolute atomic E-state index is 12.5. The first-order valence-corrected chi connectivity index (χ1v) is 5.23. The fraction of sp³-hybridized carbons (Fsp3) is 0.556. The summed E-state index contributed by atoms with van der Waals surface area (Å²) in [4.78, 5) is 26.0. The molecule has 1 aromatic rings. The Hall–Kier alpha value is -2.06. The van der Waals surface area contributed by atoms with E-state index in [-0.39, 0.29) is 5.92 Å². The first kappa shape index (κ1) is 12.4. The van der Waals surface area contributed by atoms with E-state index in [0.29, 0.717) is 23.9 Å². The highest BCUT2D eigenvalue weighted by Crippen LogP contribution is 2.28. The van der Waals surface area contributed by atoms with Crippen LogP contribution < -0.4 is 4.84 Å². The van der Waals surface area contributed by atoms with Crippen LogP contribution in [0.4, 0.5) is 14.5 Å². The summed E-state index contributed by atoms with van der Waals surface area (Å²) >= 11 is 0. The van der Waals surface area contributed by atoms with Crippen molar-refractivity contribution in [2.45, 2.75) is 25.7 Å². The number of carbonyl (C=O) groups is 1. The van der Waals surface area contributed by atoms with E-state index in [0.717, 1.165) is 6.42 Å². The van der Waals surface area contributed by atoms with Gasteiger partial charge in [-0.2, -0.15) is 0 Å². The zero-order valence-electron chi connectivity index (χ0n) is 9.08.